The average Bonchev–Trinajstić information content (AvgIpc) is 2.92. The predicted molar refractivity (Wildman–Crippen MR) is 55.4 cm³/mol. The van der Waals surface area contributed by atoms with Crippen LogP contribution in [0.3, 0.4) is 0 Å². The Bertz CT molecular complexity index is 161. The fourth-order valence-electron chi connectivity index (χ4n) is 1.92. The summed E-state index contributed by atoms with van der Waals surface area (Å²) in [6, 6.07) is 0.679. The molecule has 2 aliphatic rings. The fourth-order valence-corrected chi connectivity index (χ4v) is 1.92. The third kappa shape index (κ3) is 3.23. The van der Waals surface area contributed by atoms with Crippen molar-refractivity contribution in [2.75, 3.05) is 26.4 Å². The second-order valence-corrected chi connectivity index (χ2v) is 4.44. The van der Waals surface area contributed by atoms with Gasteiger partial charge in [0.15, 0.2) is 0 Å². The molecule has 0 spiro atoms. The minimum atomic E-state index is 0.355. The Kier molecular flexibility index (Phi) is 3.79. The second kappa shape index (κ2) is 5.10. The topological polar surface area (TPSA) is 30.5 Å². The lowest BCUT2D eigenvalue weighted by atomic mass is 10.2. The summed E-state index contributed by atoms with van der Waals surface area (Å²) in [7, 11) is 0. The van der Waals surface area contributed by atoms with Gasteiger partial charge in [-0.15, -0.1) is 0 Å². The van der Waals surface area contributed by atoms with E-state index in [1.54, 1.807) is 0 Å². The quantitative estimate of drug-likeness (QED) is 0.652. The Labute approximate surface area is 86.2 Å². The van der Waals surface area contributed by atoms with Crippen LogP contribution in [0, 0.1) is 5.92 Å². The van der Waals surface area contributed by atoms with Crippen molar-refractivity contribution in [3.63, 3.8) is 0 Å². The van der Waals surface area contributed by atoms with E-state index in [1.165, 1.54) is 12.8 Å². The molecule has 1 N–H and O–H groups in total. The van der Waals surface area contributed by atoms with Gasteiger partial charge < -0.3 is 14.8 Å². The molecule has 1 saturated heterocycles. The van der Waals surface area contributed by atoms with Crippen LogP contribution >= 0.6 is 0 Å². The monoisotopic (exact) mass is 199 g/mol. The van der Waals surface area contributed by atoms with Gasteiger partial charge in [-0.25, -0.2) is 0 Å². The molecule has 2 fully saturated rings. The summed E-state index contributed by atoms with van der Waals surface area (Å²) in [5.41, 5.74) is 0. The first-order chi connectivity index (χ1) is 6.86. The molecule has 0 bridgehead atoms. The molecule has 0 radical (unpaired) electrons. The lowest BCUT2D eigenvalue weighted by molar-refractivity contribution is 0.0435. The normalized spacial score (nSPS) is 29.4. The van der Waals surface area contributed by atoms with Crippen molar-refractivity contribution in [1.29, 1.82) is 0 Å². The molecule has 82 valence electrons. The molecule has 1 heterocycles. The molecule has 14 heavy (non-hydrogen) atoms. The number of ether oxygens (including phenoxy) is 2. The third-order valence-electron chi connectivity index (χ3n) is 3.14. The summed E-state index contributed by atoms with van der Waals surface area (Å²) >= 11 is 0. The molecule has 2 atom stereocenters. The molecule has 0 aromatic carbocycles. The summed E-state index contributed by atoms with van der Waals surface area (Å²) in [6.45, 7) is 5.74. The maximum atomic E-state index is 5.67. The Morgan fingerprint density at radius 2 is 2.29 bits per heavy atom. The fraction of sp³-hybridized carbons (Fsp3) is 1.00. The Morgan fingerprint density at radius 3 is 2.93 bits per heavy atom. The van der Waals surface area contributed by atoms with E-state index < -0.39 is 0 Å². The van der Waals surface area contributed by atoms with Gasteiger partial charge in [0, 0.05) is 19.2 Å². The standard InChI is InChI=1S/C11H21NO2/c1-9(10-2-3-10)12-5-7-14-11-4-6-13-8-11/h9-12H,2-8H2,1H3. The van der Waals surface area contributed by atoms with Crippen molar-refractivity contribution in [3.8, 4) is 0 Å². The maximum absolute atomic E-state index is 5.67. The van der Waals surface area contributed by atoms with E-state index in [0.29, 0.717) is 12.1 Å². The molecule has 1 aliphatic heterocycles. The SMILES string of the molecule is CC(NCCOC1CCOC1)C1CC1. The van der Waals surface area contributed by atoms with Crippen LogP contribution in [0.15, 0.2) is 0 Å². The predicted octanol–water partition coefficient (Wildman–Crippen LogP) is 1.18. The molecule has 1 aliphatic carbocycles. The van der Waals surface area contributed by atoms with Gasteiger partial charge in [-0.2, -0.15) is 0 Å². The van der Waals surface area contributed by atoms with Crippen molar-refractivity contribution in [2.24, 2.45) is 5.92 Å². The molecule has 1 saturated carbocycles. The third-order valence-corrected chi connectivity index (χ3v) is 3.14. The van der Waals surface area contributed by atoms with Crippen molar-refractivity contribution in [1.82, 2.24) is 5.32 Å². The van der Waals surface area contributed by atoms with Gasteiger partial charge in [-0.05, 0) is 32.1 Å². The van der Waals surface area contributed by atoms with Gasteiger partial charge in [0.1, 0.15) is 0 Å². The number of nitrogens with one attached hydrogen (secondary N) is 1. The van der Waals surface area contributed by atoms with Crippen molar-refractivity contribution in [3.05, 3.63) is 0 Å². The van der Waals surface area contributed by atoms with Crippen molar-refractivity contribution >= 4 is 0 Å². The highest BCUT2D eigenvalue weighted by Gasteiger charge is 2.27. The first kappa shape index (κ1) is 10.4. The van der Waals surface area contributed by atoms with Crippen LogP contribution in [-0.2, 0) is 9.47 Å². The largest absolute Gasteiger partial charge is 0.379 e. The van der Waals surface area contributed by atoms with Gasteiger partial charge in [0.2, 0.25) is 0 Å². The van der Waals surface area contributed by atoms with Gasteiger partial charge in [-0.3, -0.25) is 0 Å². The molecule has 3 nitrogen and oxygen atoms in total. The second-order valence-electron chi connectivity index (χ2n) is 4.44. The summed E-state index contributed by atoms with van der Waals surface area (Å²) in [6.07, 6.45) is 4.24. The molecule has 3 heteroatoms. The highest BCUT2D eigenvalue weighted by atomic mass is 16.5. The van der Waals surface area contributed by atoms with Crippen LogP contribution in [0.5, 0.6) is 0 Å². The van der Waals surface area contributed by atoms with E-state index in [-0.39, 0.29) is 0 Å². The molecule has 0 amide bonds. The van der Waals surface area contributed by atoms with E-state index >= 15 is 0 Å². The number of hydrogen-bond donors (Lipinski definition) is 1. The zero-order valence-corrected chi connectivity index (χ0v) is 9.00. The number of rotatable bonds is 6. The van der Waals surface area contributed by atoms with Gasteiger partial charge in [0.25, 0.3) is 0 Å². The lowest BCUT2D eigenvalue weighted by Crippen LogP contribution is -2.32. The van der Waals surface area contributed by atoms with Crippen LogP contribution in [0.4, 0.5) is 0 Å². The van der Waals surface area contributed by atoms with Crippen LogP contribution in [0.2, 0.25) is 0 Å². The van der Waals surface area contributed by atoms with E-state index in [1.807, 2.05) is 0 Å². The zero-order valence-electron chi connectivity index (χ0n) is 9.00. The van der Waals surface area contributed by atoms with E-state index in [2.05, 4.69) is 12.2 Å². The average molecular weight is 199 g/mol. The first-order valence-corrected chi connectivity index (χ1v) is 5.79. The Morgan fingerprint density at radius 1 is 1.43 bits per heavy atom. The van der Waals surface area contributed by atoms with Gasteiger partial charge in [0.05, 0.1) is 19.3 Å². The smallest absolute Gasteiger partial charge is 0.0831 e. The molecule has 0 aromatic rings. The molecular weight excluding hydrogens is 178 g/mol. The van der Waals surface area contributed by atoms with E-state index in [0.717, 1.165) is 38.7 Å². The van der Waals surface area contributed by atoms with Crippen molar-refractivity contribution in [2.45, 2.75) is 38.3 Å². The van der Waals surface area contributed by atoms with Crippen LogP contribution in [-0.4, -0.2) is 38.5 Å². The van der Waals surface area contributed by atoms with Crippen LogP contribution < -0.4 is 5.32 Å². The Hall–Kier alpha value is -0.120. The molecule has 2 rings (SSSR count). The molecular formula is C11H21NO2. The Balaban J connectivity index is 1.46. The summed E-state index contributed by atoms with van der Waals surface area (Å²) in [4.78, 5) is 0. The highest BCUT2D eigenvalue weighted by molar-refractivity contribution is 4.82. The van der Waals surface area contributed by atoms with Crippen molar-refractivity contribution < 1.29 is 9.47 Å². The highest BCUT2D eigenvalue weighted by Crippen LogP contribution is 2.32. The summed E-state index contributed by atoms with van der Waals surface area (Å²) in [5, 5.41) is 3.50. The van der Waals surface area contributed by atoms with Gasteiger partial charge in [-0.1, -0.05) is 0 Å². The minimum Gasteiger partial charge on any atom is -0.379 e. The van der Waals surface area contributed by atoms with E-state index in [9.17, 15) is 0 Å². The summed E-state index contributed by atoms with van der Waals surface area (Å²) in [5.74, 6) is 0.935. The minimum absolute atomic E-state index is 0.355. The zero-order chi connectivity index (χ0) is 9.80. The van der Waals surface area contributed by atoms with Crippen LogP contribution in [0.25, 0.3) is 0 Å². The molecule has 2 unspecified atom stereocenters. The van der Waals surface area contributed by atoms with E-state index in [4.69, 9.17) is 9.47 Å². The van der Waals surface area contributed by atoms with Gasteiger partial charge >= 0.3 is 0 Å². The number of hydrogen-bond acceptors (Lipinski definition) is 3. The maximum Gasteiger partial charge on any atom is 0.0831 e. The summed E-state index contributed by atoms with van der Waals surface area (Å²) < 4.78 is 10.9. The molecule has 0 aromatic heterocycles. The lowest BCUT2D eigenvalue weighted by Gasteiger charge is -2.14. The van der Waals surface area contributed by atoms with Crippen LogP contribution in [0.1, 0.15) is 26.2 Å². The first-order valence-electron chi connectivity index (χ1n) is 5.79.